The highest BCUT2D eigenvalue weighted by molar-refractivity contribution is 7.95. The molecule has 0 aliphatic rings. The van der Waals surface area contributed by atoms with Gasteiger partial charge in [-0.25, -0.2) is 15.8 Å². The minimum absolute atomic E-state index is 0.00768. The second-order valence-corrected chi connectivity index (χ2v) is 21.1. The minimum Gasteiger partial charge on any atom is -0.341 e. The number of hydrogen-bond donors (Lipinski definition) is 10. The van der Waals surface area contributed by atoms with E-state index in [0.717, 1.165) is 24.3 Å². The first-order valence-corrected chi connectivity index (χ1v) is 28.0. The monoisotopic (exact) mass is 1170 g/mol. The minimum atomic E-state index is -4.94. The second kappa shape index (κ2) is 26.8. The predicted octanol–water partition coefficient (Wildman–Crippen LogP) is 7.92. The van der Waals surface area contributed by atoms with Crippen LogP contribution in [0.4, 0.5) is 58.4 Å². The van der Waals surface area contributed by atoms with Crippen LogP contribution in [-0.4, -0.2) is 111 Å². The summed E-state index contributed by atoms with van der Waals surface area (Å²) >= 11 is 1.55. The molecule has 0 fully saturated rings. The van der Waals surface area contributed by atoms with Gasteiger partial charge in [-0.05, 0) is 99.5 Å². The summed E-state index contributed by atoms with van der Waals surface area (Å²) in [4.78, 5) is 29.1. The largest absolute Gasteiger partial charge is 0.341 e. The molecule has 6 aromatic rings. The van der Waals surface area contributed by atoms with Crippen LogP contribution in [0.1, 0.15) is 38.8 Å². The highest BCUT2D eigenvalue weighted by Crippen LogP contribution is 2.35. The molecule has 408 valence electrons. The van der Waals surface area contributed by atoms with Gasteiger partial charge in [0.2, 0.25) is 35.7 Å². The molecule has 0 radical (unpaired) electrons. The van der Waals surface area contributed by atoms with Gasteiger partial charge in [0.05, 0.1) is 57.3 Å². The third-order valence-corrected chi connectivity index (χ3v) is 14.6. The Morgan fingerprint density at radius 2 is 0.961 bits per heavy atom. The van der Waals surface area contributed by atoms with Crippen LogP contribution in [0.25, 0.3) is 12.2 Å². The molecule has 2 heterocycles. The smallest absolute Gasteiger partial charge is 0.296 e. The maximum atomic E-state index is 12.9. The number of aromatic nitrogens is 6. The standard InChI is InChI=1S/C40H44N12O18S6/c1-5-51(6-2)39-47-35(45-37(49-39)43-29-22-28(74(56,57)58)16-17-31(29)72-69-66-54)41-25-13-11-23(32(19-25)73-70-67-55)9-10-24-12-14-26(20-34(24)76(62,63)64)42-36-46-38(50-40(48-36)52(7-3)8-4)44-30-21-27(71-68-65-53)15-18-33(30)75(59,60)61/h9-22,53-55H,5-8H2,1-4H3,(H,56,57,58)(H,59,60,61)(H,62,63,64)(H2,41,43,45,47,49)(H2,42,44,46,48,50). The molecule has 0 atom stereocenters. The van der Waals surface area contributed by atoms with Crippen molar-refractivity contribution in [1.82, 2.24) is 29.9 Å². The third-order valence-electron chi connectivity index (χ3n) is 10.0. The Bertz CT molecular complexity index is 3380. The summed E-state index contributed by atoms with van der Waals surface area (Å²) in [5.41, 5.74) is 0.528. The Hall–Kier alpha value is -6.14. The zero-order valence-electron chi connectivity index (χ0n) is 39.5. The van der Waals surface area contributed by atoms with Crippen molar-refractivity contribution in [2.45, 2.75) is 57.1 Å². The second-order valence-electron chi connectivity index (χ2n) is 14.7. The highest BCUT2D eigenvalue weighted by atomic mass is 32.2. The number of rotatable bonds is 28. The van der Waals surface area contributed by atoms with Crippen molar-refractivity contribution >= 4 is 137 Å². The van der Waals surface area contributed by atoms with Crippen LogP contribution in [0.5, 0.6) is 0 Å². The van der Waals surface area contributed by atoms with Gasteiger partial charge in [-0.1, -0.05) is 39.4 Å². The van der Waals surface area contributed by atoms with Crippen molar-refractivity contribution in [3.8, 4) is 0 Å². The normalized spacial score (nSPS) is 12.0. The lowest BCUT2D eigenvalue weighted by atomic mass is 10.1. The van der Waals surface area contributed by atoms with Crippen LogP contribution in [-0.2, 0) is 58.5 Å². The van der Waals surface area contributed by atoms with Gasteiger partial charge in [0.25, 0.3) is 30.4 Å². The number of hydrogen-bond acceptors (Lipinski definition) is 30. The zero-order valence-corrected chi connectivity index (χ0v) is 44.4. The molecule has 0 bridgehead atoms. The Kier molecular flexibility index (Phi) is 20.8. The Labute approximate surface area is 445 Å². The van der Waals surface area contributed by atoms with Gasteiger partial charge >= 0.3 is 0 Å². The molecular formula is C40H44N12O18S6. The van der Waals surface area contributed by atoms with Crippen LogP contribution in [0.2, 0.25) is 0 Å². The van der Waals surface area contributed by atoms with Crippen LogP contribution in [0.3, 0.4) is 0 Å². The molecule has 0 aliphatic heterocycles. The van der Waals surface area contributed by atoms with Crippen molar-refractivity contribution in [3.63, 3.8) is 0 Å². The summed E-state index contributed by atoms with van der Waals surface area (Å²) in [7, 11) is -14.4. The summed E-state index contributed by atoms with van der Waals surface area (Å²) in [6.45, 7) is 9.08. The molecule has 0 unspecified atom stereocenters. The first-order chi connectivity index (χ1) is 36.2. The fourth-order valence-electron chi connectivity index (χ4n) is 6.60. The molecule has 0 spiro atoms. The van der Waals surface area contributed by atoms with Gasteiger partial charge in [0, 0.05) is 47.3 Å². The lowest BCUT2D eigenvalue weighted by Crippen LogP contribution is -2.25. The molecular weight excluding hydrogens is 1130 g/mol. The van der Waals surface area contributed by atoms with E-state index < -0.39 is 45.0 Å². The highest BCUT2D eigenvalue weighted by Gasteiger charge is 2.22. The number of anilines is 10. The molecule has 10 N–H and O–H groups in total. The quantitative estimate of drug-likeness (QED) is 0.00732. The molecule has 6 rings (SSSR count). The molecule has 0 aliphatic carbocycles. The van der Waals surface area contributed by atoms with Gasteiger partial charge in [-0.15, -0.1) is 13.0 Å². The van der Waals surface area contributed by atoms with Crippen molar-refractivity contribution < 1.29 is 82.8 Å². The van der Waals surface area contributed by atoms with E-state index in [4.69, 9.17) is 20.1 Å². The van der Waals surface area contributed by atoms with Crippen LogP contribution >= 0.6 is 36.1 Å². The van der Waals surface area contributed by atoms with Gasteiger partial charge in [0.15, 0.2) is 0 Å². The van der Waals surface area contributed by atoms with Crippen LogP contribution < -0.4 is 31.1 Å². The number of nitrogens with one attached hydrogen (secondary N) is 4. The van der Waals surface area contributed by atoms with Gasteiger partial charge in [-0.3, -0.25) is 13.7 Å². The maximum absolute atomic E-state index is 12.9. The molecule has 4 aromatic carbocycles. The molecule has 0 amide bonds. The van der Waals surface area contributed by atoms with E-state index in [2.05, 4.69) is 75.0 Å². The Balaban J connectivity index is 1.32. The summed E-state index contributed by atoms with van der Waals surface area (Å²) < 4.78 is 118. The van der Waals surface area contributed by atoms with Crippen LogP contribution in [0.15, 0.2) is 102 Å². The average molecular weight is 1170 g/mol. The van der Waals surface area contributed by atoms with E-state index in [0.29, 0.717) is 73.6 Å². The molecule has 36 heteroatoms. The van der Waals surface area contributed by atoms with Crippen molar-refractivity contribution in [2.75, 3.05) is 57.2 Å². The number of nitrogens with zero attached hydrogens (tertiary/aromatic N) is 8. The van der Waals surface area contributed by atoms with E-state index >= 15 is 0 Å². The zero-order chi connectivity index (χ0) is 55.2. The maximum Gasteiger partial charge on any atom is 0.296 e. The van der Waals surface area contributed by atoms with Crippen LogP contribution in [0, 0.1) is 0 Å². The predicted molar refractivity (Wildman–Crippen MR) is 276 cm³/mol. The van der Waals surface area contributed by atoms with Gasteiger partial charge < -0.3 is 31.1 Å². The molecule has 2 aromatic heterocycles. The van der Waals surface area contributed by atoms with Gasteiger partial charge in [-0.2, -0.15) is 55.2 Å². The van der Waals surface area contributed by atoms with Crippen molar-refractivity contribution in [2.24, 2.45) is 0 Å². The van der Waals surface area contributed by atoms with Crippen molar-refractivity contribution in [3.05, 3.63) is 83.9 Å². The Morgan fingerprint density at radius 3 is 1.47 bits per heavy atom. The van der Waals surface area contributed by atoms with E-state index in [1.807, 2.05) is 27.7 Å². The van der Waals surface area contributed by atoms with E-state index in [-0.39, 0.29) is 73.0 Å². The summed E-state index contributed by atoms with van der Waals surface area (Å²) in [5.74, 6) is -0.281. The summed E-state index contributed by atoms with van der Waals surface area (Å²) in [6.07, 6.45) is 2.83. The molecule has 0 saturated heterocycles. The SMILES string of the molecule is CCN(CC)c1nc(Nc2ccc(C=Cc3ccc(Nc4nc(Nc5cc(SOOO)ccc5S(=O)(=O)O)nc(N(CC)CC)n4)cc3S(=O)(=O)O)c(SOOO)c2)nc(Nc2cc(S(=O)(=O)O)ccc2SOOO)n1. The van der Waals surface area contributed by atoms with Gasteiger partial charge in [0.1, 0.15) is 9.79 Å². The van der Waals surface area contributed by atoms with E-state index in [1.165, 1.54) is 48.6 Å². The Morgan fingerprint density at radius 1 is 0.487 bits per heavy atom. The average Bonchev–Trinajstić information content (AvgIpc) is 3.37. The van der Waals surface area contributed by atoms with E-state index in [1.54, 1.807) is 21.9 Å². The fourth-order valence-corrected chi connectivity index (χ4v) is 9.79. The fraction of sp³-hybridized carbons (Fsp3) is 0.200. The summed E-state index contributed by atoms with van der Waals surface area (Å²) in [6, 6.07) is 15.5. The summed E-state index contributed by atoms with van der Waals surface area (Å²) in [5, 5.41) is 49.1. The molecule has 76 heavy (non-hydrogen) atoms. The first-order valence-electron chi connectivity index (χ1n) is 21.4. The third kappa shape index (κ3) is 16.2. The first kappa shape index (κ1) is 59.1. The van der Waals surface area contributed by atoms with Crippen molar-refractivity contribution in [1.29, 1.82) is 0 Å². The van der Waals surface area contributed by atoms with E-state index in [9.17, 15) is 38.9 Å². The molecule has 0 saturated carbocycles. The molecule has 30 nitrogen and oxygen atoms in total. The topological polar surface area (TPSA) is 411 Å². The number of benzene rings is 4. The lowest BCUT2D eigenvalue weighted by Gasteiger charge is -2.20. The lowest BCUT2D eigenvalue weighted by molar-refractivity contribution is -0.432.